The summed E-state index contributed by atoms with van der Waals surface area (Å²) in [5.74, 6) is -1.67. The van der Waals surface area contributed by atoms with Crippen LogP contribution in [0.2, 0.25) is 0 Å². The molecule has 1 atom stereocenters. The van der Waals surface area contributed by atoms with Crippen molar-refractivity contribution in [3.8, 4) is 0 Å². The van der Waals surface area contributed by atoms with Gasteiger partial charge in [-0.2, -0.15) is 0 Å². The van der Waals surface area contributed by atoms with Crippen LogP contribution in [-0.4, -0.2) is 34.7 Å². The molecule has 0 radical (unpaired) electrons. The van der Waals surface area contributed by atoms with Crippen LogP contribution in [0, 0.1) is 0 Å². The van der Waals surface area contributed by atoms with Gasteiger partial charge >= 0.3 is 5.97 Å². The van der Waals surface area contributed by atoms with Crippen LogP contribution in [-0.2, 0) is 16.0 Å². The highest BCUT2D eigenvalue weighted by Gasteiger charge is 2.18. The zero-order valence-corrected chi connectivity index (χ0v) is 9.80. The van der Waals surface area contributed by atoms with Crippen LogP contribution in [0.15, 0.2) is 24.3 Å². The number of aliphatic hydroxyl groups excluding tert-OH is 1. The summed E-state index contributed by atoms with van der Waals surface area (Å²) < 4.78 is 0. The van der Waals surface area contributed by atoms with Gasteiger partial charge in [-0.05, 0) is 24.1 Å². The van der Waals surface area contributed by atoms with Gasteiger partial charge in [0.2, 0.25) is 5.91 Å². The molecule has 0 unspecified atom stereocenters. The van der Waals surface area contributed by atoms with E-state index in [4.69, 9.17) is 15.9 Å². The number of anilines is 1. The second kappa shape index (κ2) is 6.61. The van der Waals surface area contributed by atoms with Gasteiger partial charge in [-0.3, -0.25) is 4.79 Å². The Morgan fingerprint density at radius 1 is 1.39 bits per heavy atom. The first-order valence-electron chi connectivity index (χ1n) is 5.50. The van der Waals surface area contributed by atoms with E-state index in [1.807, 2.05) is 6.07 Å². The van der Waals surface area contributed by atoms with Gasteiger partial charge in [0.1, 0.15) is 6.04 Å². The molecule has 0 aromatic heterocycles. The van der Waals surface area contributed by atoms with Gasteiger partial charge in [-0.25, -0.2) is 4.79 Å². The Hall–Kier alpha value is -2.08. The number of nitrogens with two attached hydrogens (primary N) is 1. The molecule has 0 fully saturated rings. The molecule has 0 saturated carbocycles. The number of rotatable bonds is 6. The lowest BCUT2D eigenvalue weighted by atomic mass is 10.1. The number of hydrogen-bond acceptors (Lipinski definition) is 4. The number of carbonyl (C=O) groups excluding carboxylic acids is 1. The Kier molecular flexibility index (Phi) is 5.13. The summed E-state index contributed by atoms with van der Waals surface area (Å²) in [6, 6.07) is 5.88. The number of benzene rings is 1. The zero-order chi connectivity index (χ0) is 13.5. The van der Waals surface area contributed by atoms with Crippen molar-refractivity contribution >= 4 is 17.6 Å². The highest BCUT2D eigenvalue weighted by Crippen LogP contribution is 2.08. The molecular weight excluding hydrogens is 236 g/mol. The van der Waals surface area contributed by atoms with E-state index < -0.39 is 24.5 Å². The van der Waals surface area contributed by atoms with E-state index in [0.29, 0.717) is 12.1 Å². The number of amides is 1. The van der Waals surface area contributed by atoms with Crippen molar-refractivity contribution in [3.63, 3.8) is 0 Å². The largest absolute Gasteiger partial charge is 0.480 e. The van der Waals surface area contributed by atoms with Gasteiger partial charge in [0.15, 0.2) is 0 Å². The lowest BCUT2D eigenvalue weighted by molar-refractivity contribution is -0.142. The Morgan fingerprint density at radius 2 is 2.11 bits per heavy atom. The van der Waals surface area contributed by atoms with E-state index >= 15 is 0 Å². The number of carboxylic acids is 1. The summed E-state index contributed by atoms with van der Waals surface area (Å²) in [5.41, 5.74) is 7.12. The lowest BCUT2D eigenvalue weighted by Crippen LogP contribution is -2.43. The first-order chi connectivity index (χ1) is 8.52. The molecule has 0 heterocycles. The molecule has 18 heavy (non-hydrogen) atoms. The van der Waals surface area contributed by atoms with Gasteiger partial charge in [0.05, 0.1) is 6.61 Å². The summed E-state index contributed by atoms with van der Waals surface area (Å²) in [5, 5.41) is 19.6. The van der Waals surface area contributed by atoms with Crippen LogP contribution in [0.3, 0.4) is 0 Å². The maximum atomic E-state index is 11.5. The first-order valence-corrected chi connectivity index (χ1v) is 5.50. The molecule has 0 spiro atoms. The van der Waals surface area contributed by atoms with Crippen LogP contribution in [0.4, 0.5) is 5.69 Å². The van der Waals surface area contributed by atoms with Crippen LogP contribution in [0.5, 0.6) is 0 Å². The fourth-order valence-corrected chi connectivity index (χ4v) is 1.46. The number of aryl methyl sites for hydroxylation is 1. The predicted molar refractivity (Wildman–Crippen MR) is 65.8 cm³/mol. The molecular formula is C12H16N2O4. The van der Waals surface area contributed by atoms with Crippen molar-refractivity contribution < 1.29 is 19.8 Å². The number of nitrogen functional groups attached to an aromatic ring is 1. The monoisotopic (exact) mass is 252 g/mol. The molecule has 0 aliphatic rings. The normalized spacial score (nSPS) is 11.8. The SMILES string of the molecule is Nc1cccc(CCC(=O)N[C@H](CO)C(=O)O)c1. The fourth-order valence-electron chi connectivity index (χ4n) is 1.46. The van der Waals surface area contributed by atoms with E-state index in [0.717, 1.165) is 5.56 Å². The van der Waals surface area contributed by atoms with Crippen LogP contribution < -0.4 is 11.1 Å². The molecule has 6 nitrogen and oxygen atoms in total. The topological polar surface area (TPSA) is 113 Å². The highest BCUT2D eigenvalue weighted by molar-refractivity contribution is 5.83. The van der Waals surface area contributed by atoms with E-state index in [9.17, 15) is 9.59 Å². The van der Waals surface area contributed by atoms with Crippen LogP contribution >= 0.6 is 0 Å². The van der Waals surface area contributed by atoms with Crippen molar-refractivity contribution in [1.82, 2.24) is 5.32 Å². The summed E-state index contributed by atoms with van der Waals surface area (Å²) in [4.78, 5) is 22.1. The Bertz CT molecular complexity index is 434. The Labute approximate surface area is 104 Å². The van der Waals surface area contributed by atoms with Crippen molar-refractivity contribution in [2.24, 2.45) is 0 Å². The summed E-state index contributed by atoms with van der Waals surface area (Å²) in [6.45, 7) is -0.626. The second-order valence-electron chi connectivity index (χ2n) is 3.89. The Morgan fingerprint density at radius 3 is 2.67 bits per heavy atom. The number of carboxylic acid groups (broad SMARTS) is 1. The minimum atomic E-state index is -1.25. The lowest BCUT2D eigenvalue weighted by Gasteiger charge is -2.11. The van der Waals surface area contributed by atoms with Crippen molar-refractivity contribution in [2.45, 2.75) is 18.9 Å². The molecule has 5 N–H and O–H groups in total. The summed E-state index contributed by atoms with van der Waals surface area (Å²) in [7, 11) is 0. The standard InChI is InChI=1S/C12H16N2O4/c13-9-3-1-2-8(6-9)4-5-11(16)14-10(7-15)12(17)18/h1-3,6,10,15H,4-5,7,13H2,(H,14,16)(H,17,18)/t10-/m1/s1. The molecule has 0 aliphatic heterocycles. The molecule has 1 aromatic rings. The van der Waals surface area contributed by atoms with Gasteiger partial charge in [-0.1, -0.05) is 12.1 Å². The fraction of sp³-hybridized carbons (Fsp3) is 0.333. The molecule has 1 aromatic carbocycles. The van der Waals surface area contributed by atoms with Gasteiger partial charge in [0.25, 0.3) is 0 Å². The number of nitrogens with one attached hydrogen (secondary N) is 1. The van der Waals surface area contributed by atoms with Gasteiger partial charge in [0, 0.05) is 12.1 Å². The van der Waals surface area contributed by atoms with Gasteiger partial charge < -0.3 is 21.3 Å². The molecule has 1 rings (SSSR count). The molecule has 1 amide bonds. The second-order valence-corrected chi connectivity index (χ2v) is 3.89. The number of carbonyl (C=O) groups is 2. The van der Waals surface area contributed by atoms with E-state index in [-0.39, 0.29) is 6.42 Å². The van der Waals surface area contributed by atoms with E-state index in [2.05, 4.69) is 5.32 Å². The molecule has 0 aliphatic carbocycles. The average Bonchev–Trinajstić information content (AvgIpc) is 2.33. The van der Waals surface area contributed by atoms with Crippen molar-refractivity contribution in [1.29, 1.82) is 0 Å². The quantitative estimate of drug-likeness (QED) is 0.522. The third-order valence-electron chi connectivity index (χ3n) is 2.41. The number of aliphatic carboxylic acids is 1. The maximum Gasteiger partial charge on any atom is 0.328 e. The summed E-state index contributed by atoms with van der Waals surface area (Å²) in [6.07, 6.45) is 0.613. The van der Waals surface area contributed by atoms with Crippen molar-refractivity contribution in [2.75, 3.05) is 12.3 Å². The summed E-state index contributed by atoms with van der Waals surface area (Å²) >= 11 is 0. The third kappa shape index (κ3) is 4.42. The van der Waals surface area contributed by atoms with E-state index in [1.165, 1.54) is 0 Å². The Balaban J connectivity index is 2.44. The van der Waals surface area contributed by atoms with E-state index in [1.54, 1.807) is 18.2 Å². The molecule has 0 bridgehead atoms. The third-order valence-corrected chi connectivity index (χ3v) is 2.41. The smallest absolute Gasteiger partial charge is 0.328 e. The average molecular weight is 252 g/mol. The van der Waals surface area contributed by atoms with Crippen LogP contribution in [0.25, 0.3) is 0 Å². The molecule has 6 heteroatoms. The predicted octanol–water partition coefficient (Wildman–Crippen LogP) is -0.237. The highest BCUT2D eigenvalue weighted by atomic mass is 16.4. The first kappa shape index (κ1) is 14.0. The minimum Gasteiger partial charge on any atom is -0.480 e. The van der Waals surface area contributed by atoms with Gasteiger partial charge in [-0.15, -0.1) is 0 Å². The maximum absolute atomic E-state index is 11.5. The zero-order valence-electron chi connectivity index (χ0n) is 9.80. The molecule has 0 saturated heterocycles. The number of aliphatic hydroxyl groups is 1. The van der Waals surface area contributed by atoms with Crippen molar-refractivity contribution in [3.05, 3.63) is 29.8 Å². The van der Waals surface area contributed by atoms with Crippen LogP contribution in [0.1, 0.15) is 12.0 Å². The molecule has 98 valence electrons. The number of hydrogen-bond donors (Lipinski definition) is 4. The minimum absolute atomic E-state index is 0.146.